The van der Waals surface area contributed by atoms with Crippen molar-refractivity contribution < 1.29 is 49.7 Å². The highest BCUT2D eigenvalue weighted by Gasteiger charge is 2.34. The summed E-state index contributed by atoms with van der Waals surface area (Å²) in [6, 6.07) is 8.73. The zero-order valence-corrected chi connectivity index (χ0v) is 38.9. The predicted molar refractivity (Wildman–Crippen MR) is 242 cm³/mol. The first kappa shape index (κ1) is 53.3. The number of benzene rings is 2. The summed E-state index contributed by atoms with van der Waals surface area (Å²) in [6.45, 7) is 5.36. The van der Waals surface area contributed by atoms with Crippen molar-refractivity contribution >= 4 is 26.0 Å². The Balaban J connectivity index is 1.92. The lowest BCUT2D eigenvalue weighted by Gasteiger charge is -2.19. The van der Waals surface area contributed by atoms with Crippen molar-refractivity contribution in [3.63, 3.8) is 0 Å². The fourth-order valence-electron chi connectivity index (χ4n) is 7.54. The first-order valence-corrected chi connectivity index (χ1v) is 25.9. The fourth-order valence-corrected chi connectivity index (χ4v) is 9.32. The number of hydrogen-bond donors (Lipinski definition) is 2. The Morgan fingerprint density at radius 1 is 0.467 bits per heavy atom. The van der Waals surface area contributed by atoms with Gasteiger partial charge in [-0.1, -0.05) is 167 Å². The van der Waals surface area contributed by atoms with Crippen LogP contribution in [0.15, 0.2) is 36.4 Å². The number of rotatable bonds is 38. The fraction of sp³-hybridized carbons (Fsp3) is 0.723. The molecule has 13 heteroatoms. The van der Waals surface area contributed by atoms with E-state index >= 15 is 0 Å². The van der Waals surface area contributed by atoms with Gasteiger partial charge in [-0.05, 0) is 48.2 Å². The molecular weight excluding hydrogens is 805 g/mol. The van der Waals surface area contributed by atoms with E-state index in [9.17, 15) is 30.7 Å². The van der Waals surface area contributed by atoms with E-state index in [0.29, 0.717) is 24.7 Å². The molecule has 0 aromatic heterocycles. The Bertz CT molecular complexity index is 1560. The maximum Gasteiger partial charge on any atom is 0.272 e. The van der Waals surface area contributed by atoms with E-state index in [1.165, 1.54) is 166 Å². The molecule has 0 aliphatic rings. The maximum atomic E-state index is 13.4. The third-order valence-electron chi connectivity index (χ3n) is 11.2. The molecule has 60 heavy (non-hydrogen) atoms. The Morgan fingerprint density at radius 2 is 0.750 bits per heavy atom. The van der Waals surface area contributed by atoms with E-state index in [2.05, 4.69) is 13.8 Å². The first-order valence-electron chi connectivity index (χ1n) is 22.9. The van der Waals surface area contributed by atoms with Crippen LogP contribution in [0.2, 0.25) is 0 Å². The number of Topliss-reactive ketones (excluding diaryl/α,β-unsaturated/α-hetero) is 1. The molecule has 0 aliphatic carbocycles. The molecule has 2 aromatic carbocycles. The number of carbonyl (C=O) groups excluding carboxylic acids is 1. The van der Waals surface area contributed by atoms with Crippen LogP contribution in [0, 0.1) is 0 Å². The van der Waals surface area contributed by atoms with Crippen LogP contribution in [-0.4, -0.2) is 59.2 Å². The van der Waals surface area contributed by atoms with E-state index in [1.54, 1.807) is 0 Å². The van der Waals surface area contributed by atoms with Gasteiger partial charge in [-0.3, -0.25) is 13.9 Å². The molecule has 344 valence electrons. The Morgan fingerprint density at radius 3 is 1.02 bits per heavy atom. The summed E-state index contributed by atoms with van der Waals surface area (Å²) in [5.41, 5.74) is 0.139. The number of hydrogen-bond acceptors (Lipinski definition) is 9. The molecule has 2 rings (SSSR count). The van der Waals surface area contributed by atoms with Gasteiger partial charge in [0.15, 0.2) is 23.0 Å². The topological polar surface area (TPSA) is 163 Å². The number of methoxy groups -OCH3 is 2. The average molecular weight is 883 g/mol. The van der Waals surface area contributed by atoms with Crippen molar-refractivity contribution in [2.45, 2.75) is 191 Å². The predicted octanol–water partition coefficient (Wildman–Crippen LogP) is 12.8. The summed E-state index contributed by atoms with van der Waals surface area (Å²) in [4.78, 5) is 13.4. The van der Waals surface area contributed by atoms with Crippen LogP contribution in [-0.2, 0) is 25.0 Å². The van der Waals surface area contributed by atoms with Crippen molar-refractivity contribution in [1.82, 2.24) is 0 Å². The first-order chi connectivity index (χ1) is 28.8. The highest BCUT2D eigenvalue weighted by molar-refractivity contribution is 7.86. The lowest BCUT2D eigenvalue weighted by molar-refractivity contribution is -0.119. The standard InChI is InChI=1S/C47H78O11S2/c1-5-7-9-11-13-15-17-19-21-23-25-27-33-57-42-31-29-39(35-44(42)55-3)46(59(49,50)51)37-41(48)38-47(60(52,53)54)40-30-32-43(45(36-40)56-4)58-34-28-26-24-22-20-18-16-14-12-10-8-6-2/h29-32,35-36,46-47H,5-28,33-34,37-38H2,1-4H3,(H,49,50,51)(H,52,53,54). The van der Waals surface area contributed by atoms with Gasteiger partial charge >= 0.3 is 0 Å². The lowest BCUT2D eigenvalue weighted by Crippen LogP contribution is -2.21. The minimum absolute atomic E-state index is 0.0696. The van der Waals surface area contributed by atoms with Gasteiger partial charge < -0.3 is 18.9 Å². The molecule has 0 spiro atoms. The molecule has 2 aromatic rings. The van der Waals surface area contributed by atoms with Crippen LogP contribution >= 0.6 is 0 Å². The molecule has 2 N–H and O–H groups in total. The molecular formula is C47H78O11S2. The smallest absolute Gasteiger partial charge is 0.272 e. The number of carbonyl (C=O) groups is 1. The molecule has 0 bridgehead atoms. The summed E-state index contributed by atoms with van der Waals surface area (Å²) < 4.78 is 93.6. The second-order valence-corrected chi connectivity index (χ2v) is 19.4. The zero-order chi connectivity index (χ0) is 44.1. The second-order valence-electron chi connectivity index (χ2n) is 16.2. The number of ketones is 1. The molecule has 0 radical (unpaired) electrons. The number of ether oxygens (including phenoxy) is 4. The summed E-state index contributed by atoms with van der Waals surface area (Å²) in [7, 11) is -6.86. The molecule has 2 unspecified atom stereocenters. The van der Waals surface area contributed by atoms with Crippen LogP contribution in [0.3, 0.4) is 0 Å². The van der Waals surface area contributed by atoms with Gasteiger partial charge in [0.2, 0.25) is 0 Å². The lowest BCUT2D eigenvalue weighted by atomic mass is 10.0. The van der Waals surface area contributed by atoms with E-state index in [0.717, 1.165) is 38.5 Å². The monoisotopic (exact) mass is 882 g/mol. The maximum absolute atomic E-state index is 13.4. The Kier molecular flexibility index (Phi) is 27.6. The minimum atomic E-state index is -4.83. The van der Waals surface area contributed by atoms with Crippen molar-refractivity contribution in [3.8, 4) is 23.0 Å². The summed E-state index contributed by atoms with van der Waals surface area (Å²) in [5, 5.41) is -3.42. The van der Waals surface area contributed by atoms with E-state index in [1.807, 2.05) is 0 Å². The Hall–Kier alpha value is -2.87. The zero-order valence-electron chi connectivity index (χ0n) is 37.3. The van der Waals surface area contributed by atoms with Crippen LogP contribution in [0.25, 0.3) is 0 Å². The summed E-state index contributed by atoms with van der Waals surface area (Å²) >= 11 is 0. The van der Waals surface area contributed by atoms with Crippen molar-refractivity contribution in [3.05, 3.63) is 47.5 Å². The molecule has 0 saturated heterocycles. The quantitative estimate of drug-likeness (QED) is 0.0487. The second kappa shape index (κ2) is 31.0. The third-order valence-corrected chi connectivity index (χ3v) is 13.5. The van der Waals surface area contributed by atoms with E-state index in [-0.39, 0.29) is 22.6 Å². The van der Waals surface area contributed by atoms with Gasteiger partial charge in [-0.15, -0.1) is 0 Å². The molecule has 0 aliphatic heterocycles. The van der Waals surface area contributed by atoms with Gasteiger partial charge in [0.25, 0.3) is 20.2 Å². The highest BCUT2D eigenvalue weighted by atomic mass is 32.2. The Labute approximate surface area is 363 Å². The molecule has 0 fully saturated rings. The average Bonchev–Trinajstić information content (AvgIpc) is 3.21. The molecule has 0 amide bonds. The van der Waals surface area contributed by atoms with E-state index < -0.39 is 49.4 Å². The molecule has 11 nitrogen and oxygen atoms in total. The van der Waals surface area contributed by atoms with Crippen molar-refractivity contribution in [1.29, 1.82) is 0 Å². The largest absolute Gasteiger partial charge is 0.493 e. The summed E-state index contributed by atoms with van der Waals surface area (Å²) in [6.07, 6.45) is 27.8. The highest BCUT2D eigenvalue weighted by Crippen LogP contribution is 2.38. The van der Waals surface area contributed by atoms with Crippen LogP contribution in [0.1, 0.15) is 202 Å². The third kappa shape index (κ3) is 22.3. The minimum Gasteiger partial charge on any atom is -0.493 e. The normalized spacial score (nSPS) is 12.9. The molecule has 0 heterocycles. The van der Waals surface area contributed by atoms with Crippen molar-refractivity contribution in [2.24, 2.45) is 0 Å². The SMILES string of the molecule is CCCCCCCCCCCCCCOc1ccc(C(CC(=O)CC(c2ccc(OCCCCCCCCCCCCCC)c(OC)c2)S(=O)(=O)O)S(=O)(=O)O)cc1OC. The molecule has 2 atom stereocenters. The van der Waals surface area contributed by atoms with Gasteiger partial charge in [-0.25, -0.2) is 0 Å². The van der Waals surface area contributed by atoms with Gasteiger partial charge in [0.05, 0.1) is 27.4 Å². The van der Waals surface area contributed by atoms with Gasteiger partial charge in [0, 0.05) is 12.8 Å². The van der Waals surface area contributed by atoms with Crippen LogP contribution in [0.4, 0.5) is 0 Å². The number of unbranched alkanes of at least 4 members (excludes halogenated alkanes) is 22. The van der Waals surface area contributed by atoms with Gasteiger partial charge in [0.1, 0.15) is 16.3 Å². The van der Waals surface area contributed by atoms with Crippen LogP contribution < -0.4 is 18.9 Å². The molecule has 0 saturated carbocycles. The van der Waals surface area contributed by atoms with Crippen molar-refractivity contribution in [2.75, 3.05) is 27.4 Å². The summed E-state index contributed by atoms with van der Waals surface area (Å²) in [5.74, 6) is 0.448. The van der Waals surface area contributed by atoms with Crippen LogP contribution in [0.5, 0.6) is 23.0 Å². The van der Waals surface area contributed by atoms with Gasteiger partial charge in [-0.2, -0.15) is 16.8 Å². The van der Waals surface area contributed by atoms with E-state index in [4.69, 9.17) is 18.9 Å².